The molecule has 7 heteroatoms. The van der Waals surface area contributed by atoms with Crippen LogP contribution in [0.15, 0.2) is 18.2 Å². The molecule has 5 nitrogen and oxygen atoms in total. The minimum atomic E-state index is -0.551. The van der Waals surface area contributed by atoms with Crippen LogP contribution in [0.5, 0.6) is 5.75 Å². The molecule has 2 saturated heterocycles. The van der Waals surface area contributed by atoms with Gasteiger partial charge in [-0.1, -0.05) is 12.1 Å². The first-order valence-electron chi connectivity index (χ1n) is 9.19. The highest BCUT2D eigenvalue weighted by Gasteiger charge is 2.56. The van der Waals surface area contributed by atoms with E-state index in [1.165, 1.54) is 0 Å². The first-order valence-corrected chi connectivity index (χ1v) is 9.19. The van der Waals surface area contributed by atoms with Crippen molar-refractivity contribution >= 4 is 25.2 Å². The average Bonchev–Trinajstić information content (AvgIpc) is 2.86. The van der Waals surface area contributed by atoms with Crippen LogP contribution in [0.2, 0.25) is 0 Å². The standard InChI is InChI=1S/C19H30B2O5/c1-16(2)17(3,4)24-20(23-16)13-11-10-12-14(22-9)15(13)21-25-18(5,6)19(7,8)26-21/h10-12H,1-9H3. The summed E-state index contributed by atoms with van der Waals surface area (Å²) in [6, 6.07) is 5.84. The maximum atomic E-state index is 6.28. The molecule has 26 heavy (non-hydrogen) atoms. The second kappa shape index (κ2) is 5.99. The fraction of sp³-hybridized carbons (Fsp3) is 0.684. The lowest BCUT2D eigenvalue weighted by Crippen LogP contribution is -2.52. The molecule has 0 bridgehead atoms. The van der Waals surface area contributed by atoms with E-state index in [1.54, 1.807) is 7.11 Å². The van der Waals surface area contributed by atoms with Gasteiger partial charge in [0.25, 0.3) is 0 Å². The second-order valence-electron chi connectivity index (χ2n) is 9.14. The van der Waals surface area contributed by atoms with Gasteiger partial charge in [0, 0.05) is 5.46 Å². The summed E-state index contributed by atoms with van der Waals surface area (Å²) in [5, 5.41) is 0. The molecule has 2 fully saturated rings. The van der Waals surface area contributed by atoms with Crippen LogP contribution in [-0.2, 0) is 18.6 Å². The van der Waals surface area contributed by atoms with E-state index in [4.69, 9.17) is 23.4 Å². The largest absolute Gasteiger partial charge is 0.498 e. The molecular formula is C19H30B2O5. The van der Waals surface area contributed by atoms with Crippen LogP contribution in [0.3, 0.4) is 0 Å². The van der Waals surface area contributed by atoms with Crippen molar-refractivity contribution in [1.82, 2.24) is 0 Å². The van der Waals surface area contributed by atoms with Crippen molar-refractivity contribution in [3.8, 4) is 5.75 Å². The van der Waals surface area contributed by atoms with E-state index in [2.05, 4.69) is 0 Å². The van der Waals surface area contributed by atoms with Gasteiger partial charge in [-0.3, -0.25) is 0 Å². The maximum absolute atomic E-state index is 6.28. The molecule has 142 valence electrons. The van der Waals surface area contributed by atoms with E-state index in [9.17, 15) is 0 Å². The maximum Gasteiger partial charge on any atom is 0.498 e. The van der Waals surface area contributed by atoms with Crippen molar-refractivity contribution in [2.75, 3.05) is 7.11 Å². The van der Waals surface area contributed by atoms with Gasteiger partial charge < -0.3 is 23.4 Å². The Morgan fingerprint density at radius 3 is 1.54 bits per heavy atom. The third kappa shape index (κ3) is 2.99. The number of hydrogen-bond donors (Lipinski definition) is 0. The molecule has 3 rings (SSSR count). The van der Waals surface area contributed by atoms with Gasteiger partial charge in [0.05, 0.1) is 29.5 Å². The minimum absolute atomic E-state index is 0.423. The number of ether oxygens (including phenoxy) is 1. The molecular weight excluding hydrogens is 330 g/mol. The fourth-order valence-corrected chi connectivity index (χ4v) is 3.13. The molecule has 0 aromatic heterocycles. The summed E-state index contributed by atoms with van der Waals surface area (Å²) in [7, 11) is 0.590. The van der Waals surface area contributed by atoms with Gasteiger partial charge in [-0.15, -0.1) is 0 Å². The Balaban J connectivity index is 2.05. The van der Waals surface area contributed by atoms with Crippen molar-refractivity contribution < 1.29 is 23.4 Å². The van der Waals surface area contributed by atoms with E-state index in [0.717, 1.165) is 10.9 Å². The lowest BCUT2D eigenvalue weighted by Gasteiger charge is -2.32. The highest BCUT2D eigenvalue weighted by atomic mass is 16.7. The Bertz CT molecular complexity index is 667. The van der Waals surface area contributed by atoms with Crippen molar-refractivity contribution in [2.45, 2.75) is 77.8 Å². The van der Waals surface area contributed by atoms with Gasteiger partial charge in [0.1, 0.15) is 5.75 Å². The van der Waals surface area contributed by atoms with E-state index in [-0.39, 0.29) is 0 Å². The third-order valence-electron chi connectivity index (χ3n) is 6.32. The Hall–Kier alpha value is -1.01. The van der Waals surface area contributed by atoms with Crippen LogP contribution in [0.1, 0.15) is 55.4 Å². The second-order valence-corrected chi connectivity index (χ2v) is 9.14. The third-order valence-corrected chi connectivity index (χ3v) is 6.32. The zero-order chi connectivity index (χ0) is 19.5. The lowest BCUT2D eigenvalue weighted by atomic mass is 9.64. The molecule has 2 aliphatic heterocycles. The molecule has 0 unspecified atom stereocenters. The predicted octanol–water partition coefficient (Wildman–Crippen LogP) is 2.29. The summed E-state index contributed by atoms with van der Waals surface area (Å²) in [4.78, 5) is 0. The van der Waals surface area contributed by atoms with Crippen LogP contribution in [-0.4, -0.2) is 43.8 Å². The SMILES string of the molecule is COc1cccc(B2OC(C)(C)C(C)(C)O2)c1B1OC(C)(C)C(C)(C)O1. The number of methoxy groups -OCH3 is 1. The zero-order valence-electron chi connectivity index (χ0n) is 17.4. The van der Waals surface area contributed by atoms with Gasteiger partial charge in [-0.2, -0.15) is 0 Å². The Morgan fingerprint density at radius 2 is 1.12 bits per heavy atom. The molecule has 0 aliphatic carbocycles. The van der Waals surface area contributed by atoms with Gasteiger partial charge >= 0.3 is 14.2 Å². The highest BCUT2D eigenvalue weighted by molar-refractivity contribution is 6.75. The van der Waals surface area contributed by atoms with Crippen molar-refractivity contribution in [3.05, 3.63) is 18.2 Å². The molecule has 0 N–H and O–H groups in total. The minimum Gasteiger partial charge on any atom is -0.497 e. The van der Waals surface area contributed by atoms with Crippen LogP contribution in [0, 0.1) is 0 Å². The monoisotopic (exact) mass is 360 g/mol. The molecule has 0 amide bonds. The van der Waals surface area contributed by atoms with Crippen molar-refractivity contribution in [2.24, 2.45) is 0 Å². The molecule has 0 atom stereocenters. The summed E-state index contributed by atoms with van der Waals surface area (Å²) < 4.78 is 30.7. The molecule has 1 aromatic rings. The Morgan fingerprint density at radius 1 is 0.692 bits per heavy atom. The molecule has 0 spiro atoms. The smallest absolute Gasteiger partial charge is 0.497 e. The summed E-state index contributed by atoms with van der Waals surface area (Å²) in [6.07, 6.45) is 0. The van der Waals surface area contributed by atoms with Gasteiger partial charge in [0.2, 0.25) is 0 Å². The fourth-order valence-electron chi connectivity index (χ4n) is 3.13. The summed E-state index contributed by atoms with van der Waals surface area (Å²) in [5.41, 5.74) is -0.0204. The van der Waals surface area contributed by atoms with Crippen LogP contribution < -0.4 is 15.7 Å². The normalized spacial score (nSPS) is 25.6. The molecule has 0 radical (unpaired) electrons. The van der Waals surface area contributed by atoms with Crippen LogP contribution >= 0.6 is 0 Å². The van der Waals surface area contributed by atoms with E-state index < -0.39 is 36.6 Å². The average molecular weight is 360 g/mol. The van der Waals surface area contributed by atoms with Crippen molar-refractivity contribution in [3.63, 3.8) is 0 Å². The number of rotatable bonds is 3. The number of benzene rings is 1. The van der Waals surface area contributed by atoms with Crippen molar-refractivity contribution in [1.29, 1.82) is 0 Å². The van der Waals surface area contributed by atoms with Gasteiger partial charge in [-0.25, -0.2) is 0 Å². The van der Waals surface area contributed by atoms with E-state index in [0.29, 0.717) is 5.75 Å². The van der Waals surface area contributed by atoms with Gasteiger partial charge in [0.15, 0.2) is 0 Å². The topological polar surface area (TPSA) is 46.2 Å². The number of hydrogen-bond acceptors (Lipinski definition) is 5. The Labute approximate surface area is 158 Å². The Kier molecular flexibility index (Phi) is 4.55. The highest BCUT2D eigenvalue weighted by Crippen LogP contribution is 2.39. The summed E-state index contributed by atoms with van der Waals surface area (Å²) in [5.74, 6) is 0.704. The van der Waals surface area contributed by atoms with Crippen LogP contribution in [0.25, 0.3) is 0 Å². The molecule has 1 aromatic carbocycles. The first-order chi connectivity index (χ1) is 11.8. The quantitative estimate of drug-likeness (QED) is 0.775. The molecule has 2 aliphatic rings. The summed E-state index contributed by atoms with van der Waals surface area (Å²) >= 11 is 0. The predicted molar refractivity (Wildman–Crippen MR) is 104 cm³/mol. The summed E-state index contributed by atoms with van der Waals surface area (Å²) in [6.45, 7) is 16.3. The van der Waals surface area contributed by atoms with E-state index >= 15 is 0 Å². The first kappa shape index (κ1) is 19.7. The van der Waals surface area contributed by atoms with Gasteiger partial charge in [-0.05, 0) is 66.9 Å². The molecule has 2 heterocycles. The van der Waals surface area contributed by atoms with E-state index in [1.807, 2.05) is 73.6 Å². The lowest BCUT2D eigenvalue weighted by molar-refractivity contribution is 0.00578. The van der Waals surface area contributed by atoms with Crippen LogP contribution in [0.4, 0.5) is 0 Å². The zero-order valence-corrected chi connectivity index (χ0v) is 17.4. The molecule has 0 saturated carbocycles.